The maximum Gasteiger partial charge on any atom is 0.330 e. The molecule has 0 spiro atoms. The second kappa shape index (κ2) is 6.33. The highest BCUT2D eigenvalue weighted by Gasteiger charge is 2.21. The molecular weight excluding hydrogens is 250 g/mol. The Morgan fingerprint density at radius 3 is 2.55 bits per heavy atom. The fraction of sp³-hybridized carbons (Fsp3) is 0.294. The minimum absolute atomic E-state index is 0.105. The molecule has 2 rings (SSSR count). The topological polar surface area (TPSA) is 38.7 Å². The van der Waals surface area contributed by atoms with Crippen molar-refractivity contribution < 1.29 is 9.53 Å². The molecule has 1 unspecified atom stereocenters. The van der Waals surface area contributed by atoms with Crippen molar-refractivity contribution in [1.82, 2.24) is 0 Å². The lowest BCUT2D eigenvalue weighted by atomic mass is 10.0. The van der Waals surface area contributed by atoms with E-state index < -0.39 is 6.04 Å². The predicted octanol–water partition coefficient (Wildman–Crippen LogP) is 3.46. The molecule has 0 amide bonds. The first kappa shape index (κ1) is 14.3. The van der Waals surface area contributed by atoms with Crippen LogP contribution in [0, 0.1) is 5.92 Å². The highest BCUT2D eigenvalue weighted by Crippen LogP contribution is 2.17. The number of nitrogens with zero attached hydrogens (tertiary/aromatic N) is 1. The summed E-state index contributed by atoms with van der Waals surface area (Å²) >= 11 is 0. The SMILES string of the molecule is COC(=O)C(N=Cc1cccc2ccccc12)C(C)C. The van der Waals surface area contributed by atoms with Gasteiger partial charge < -0.3 is 4.74 Å². The van der Waals surface area contributed by atoms with Crippen molar-refractivity contribution in [3.8, 4) is 0 Å². The summed E-state index contributed by atoms with van der Waals surface area (Å²) in [6, 6.07) is 13.7. The van der Waals surface area contributed by atoms with Gasteiger partial charge in [0, 0.05) is 11.8 Å². The summed E-state index contributed by atoms with van der Waals surface area (Å²) in [5, 5.41) is 2.29. The highest BCUT2D eigenvalue weighted by atomic mass is 16.5. The lowest BCUT2D eigenvalue weighted by Gasteiger charge is -2.13. The quantitative estimate of drug-likeness (QED) is 0.630. The molecule has 0 radical (unpaired) electrons. The molecule has 3 nitrogen and oxygen atoms in total. The molecule has 2 aromatic carbocycles. The number of benzene rings is 2. The number of fused-ring (bicyclic) bond motifs is 1. The molecule has 0 bridgehead atoms. The molecule has 0 saturated heterocycles. The summed E-state index contributed by atoms with van der Waals surface area (Å²) in [7, 11) is 1.39. The van der Waals surface area contributed by atoms with Crippen molar-refractivity contribution in [2.75, 3.05) is 7.11 Å². The van der Waals surface area contributed by atoms with Crippen LogP contribution in [0.1, 0.15) is 19.4 Å². The maximum atomic E-state index is 11.7. The van der Waals surface area contributed by atoms with Gasteiger partial charge in [0.1, 0.15) is 6.04 Å². The largest absolute Gasteiger partial charge is 0.467 e. The Morgan fingerprint density at radius 2 is 1.85 bits per heavy atom. The van der Waals surface area contributed by atoms with Crippen LogP contribution >= 0.6 is 0 Å². The van der Waals surface area contributed by atoms with E-state index in [1.165, 1.54) is 7.11 Å². The van der Waals surface area contributed by atoms with E-state index in [0.717, 1.165) is 16.3 Å². The molecule has 0 heterocycles. The zero-order valence-electron chi connectivity index (χ0n) is 12.0. The van der Waals surface area contributed by atoms with Gasteiger partial charge >= 0.3 is 5.97 Å². The minimum atomic E-state index is -0.459. The molecule has 0 N–H and O–H groups in total. The van der Waals surface area contributed by atoms with E-state index in [4.69, 9.17) is 4.74 Å². The summed E-state index contributed by atoms with van der Waals surface area (Å²) in [5.74, 6) is -0.190. The summed E-state index contributed by atoms with van der Waals surface area (Å²) < 4.78 is 4.80. The Hall–Kier alpha value is -2.16. The van der Waals surface area contributed by atoms with Crippen LogP contribution in [0.3, 0.4) is 0 Å². The monoisotopic (exact) mass is 269 g/mol. The number of methoxy groups -OCH3 is 1. The molecule has 0 aromatic heterocycles. The first-order chi connectivity index (χ1) is 9.63. The molecule has 0 aliphatic rings. The van der Waals surface area contributed by atoms with E-state index in [2.05, 4.69) is 23.2 Å². The Balaban J connectivity index is 2.35. The number of ether oxygens (including phenoxy) is 1. The van der Waals surface area contributed by atoms with Crippen molar-refractivity contribution in [2.24, 2.45) is 10.9 Å². The van der Waals surface area contributed by atoms with Crippen molar-refractivity contribution in [1.29, 1.82) is 0 Å². The summed E-state index contributed by atoms with van der Waals surface area (Å²) in [4.78, 5) is 16.1. The number of esters is 1. The Morgan fingerprint density at radius 1 is 1.15 bits per heavy atom. The van der Waals surface area contributed by atoms with Gasteiger partial charge in [0.25, 0.3) is 0 Å². The van der Waals surface area contributed by atoms with E-state index in [-0.39, 0.29) is 11.9 Å². The van der Waals surface area contributed by atoms with Crippen molar-refractivity contribution in [3.05, 3.63) is 48.0 Å². The number of aliphatic imine (C=N–C) groups is 1. The number of rotatable bonds is 4. The standard InChI is InChI=1S/C17H19NO2/c1-12(2)16(17(19)20-3)18-11-14-9-6-8-13-7-4-5-10-15(13)14/h4-12,16H,1-3H3. The van der Waals surface area contributed by atoms with Crippen LogP contribution in [0.5, 0.6) is 0 Å². The minimum Gasteiger partial charge on any atom is -0.467 e. The summed E-state index contributed by atoms with van der Waals surface area (Å²) in [5.41, 5.74) is 1.01. The van der Waals surface area contributed by atoms with Gasteiger partial charge in [-0.2, -0.15) is 0 Å². The van der Waals surface area contributed by atoms with Crippen LogP contribution in [-0.4, -0.2) is 25.3 Å². The zero-order chi connectivity index (χ0) is 14.5. The van der Waals surface area contributed by atoms with Crippen molar-refractivity contribution >= 4 is 23.0 Å². The molecular formula is C17H19NO2. The molecule has 104 valence electrons. The van der Waals surface area contributed by atoms with Crippen LogP contribution in [0.4, 0.5) is 0 Å². The van der Waals surface area contributed by atoms with Crippen LogP contribution in [0.2, 0.25) is 0 Å². The normalized spacial score (nSPS) is 13.0. The fourth-order valence-electron chi connectivity index (χ4n) is 2.15. The van der Waals surface area contributed by atoms with Gasteiger partial charge in [0.15, 0.2) is 0 Å². The Bertz CT molecular complexity index is 626. The van der Waals surface area contributed by atoms with E-state index in [1.54, 1.807) is 6.21 Å². The van der Waals surface area contributed by atoms with Gasteiger partial charge in [0.2, 0.25) is 0 Å². The third kappa shape index (κ3) is 3.05. The maximum absolute atomic E-state index is 11.7. The van der Waals surface area contributed by atoms with Gasteiger partial charge in [0.05, 0.1) is 7.11 Å². The summed E-state index contributed by atoms with van der Waals surface area (Å²) in [6.07, 6.45) is 1.77. The van der Waals surface area contributed by atoms with E-state index in [1.807, 2.05) is 38.1 Å². The van der Waals surface area contributed by atoms with Gasteiger partial charge in [-0.15, -0.1) is 0 Å². The van der Waals surface area contributed by atoms with Gasteiger partial charge in [-0.05, 0) is 16.7 Å². The van der Waals surface area contributed by atoms with Crippen LogP contribution < -0.4 is 0 Å². The highest BCUT2D eigenvalue weighted by molar-refractivity contribution is 6.00. The van der Waals surface area contributed by atoms with Crippen LogP contribution in [0.25, 0.3) is 10.8 Å². The number of hydrogen-bond acceptors (Lipinski definition) is 3. The molecule has 0 fully saturated rings. The van der Waals surface area contributed by atoms with Gasteiger partial charge in [-0.25, -0.2) is 4.79 Å². The molecule has 20 heavy (non-hydrogen) atoms. The lowest BCUT2D eigenvalue weighted by molar-refractivity contribution is -0.143. The Kier molecular flexibility index (Phi) is 4.51. The second-order valence-electron chi connectivity index (χ2n) is 5.06. The third-order valence-electron chi connectivity index (χ3n) is 3.27. The molecule has 0 aliphatic heterocycles. The smallest absolute Gasteiger partial charge is 0.330 e. The van der Waals surface area contributed by atoms with Crippen molar-refractivity contribution in [3.63, 3.8) is 0 Å². The zero-order valence-corrected chi connectivity index (χ0v) is 12.0. The average Bonchev–Trinajstić information content (AvgIpc) is 2.47. The average molecular weight is 269 g/mol. The first-order valence-corrected chi connectivity index (χ1v) is 6.72. The van der Waals surface area contributed by atoms with Crippen LogP contribution in [0.15, 0.2) is 47.5 Å². The van der Waals surface area contributed by atoms with E-state index in [9.17, 15) is 4.79 Å². The molecule has 3 heteroatoms. The fourth-order valence-corrected chi connectivity index (χ4v) is 2.15. The van der Waals surface area contributed by atoms with E-state index in [0.29, 0.717) is 0 Å². The summed E-state index contributed by atoms with van der Waals surface area (Å²) in [6.45, 7) is 3.92. The lowest BCUT2D eigenvalue weighted by Crippen LogP contribution is -2.26. The number of carbonyl (C=O) groups excluding carboxylic acids is 1. The van der Waals surface area contributed by atoms with Crippen molar-refractivity contribution in [2.45, 2.75) is 19.9 Å². The van der Waals surface area contributed by atoms with Gasteiger partial charge in [-0.1, -0.05) is 56.3 Å². The third-order valence-corrected chi connectivity index (χ3v) is 3.27. The molecule has 1 atom stereocenters. The first-order valence-electron chi connectivity index (χ1n) is 6.72. The van der Waals surface area contributed by atoms with E-state index >= 15 is 0 Å². The second-order valence-corrected chi connectivity index (χ2v) is 5.06. The number of carbonyl (C=O) groups is 1. The Labute approximate surface area is 119 Å². The predicted molar refractivity (Wildman–Crippen MR) is 82.2 cm³/mol. The number of hydrogen-bond donors (Lipinski definition) is 0. The molecule has 2 aromatic rings. The molecule has 0 saturated carbocycles. The van der Waals surface area contributed by atoms with Crippen LogP contribution in [-0.2, 0) is 9.53 Å². The van der Waals surface area contributed by atoms with Gasteiger partial charge in [-0.3, -0.25) is 4.99 Å². The molecule has 0 aliphatic carbocycles.